The summed E-state index contributed by atoms with van der Waals surface area (Å²) in [7, 11) is -11.6. The standard InChI is InChI=1S/C16H26O6S3/c1-11(2)23(17,18)13-8-14(24(19,20)12(3)4)10-15(9-13)25(21,22)16(5,6)7/h8-12H,1-7H3. The first-order valence-electron chi connectivity index (χ1n) is 7.83. The first-order chi connectivity index (χ1) is 11.0. The quantitative estimate of drug-likeness (QED) is 0.739. The van der Waals surface area contributed by atoms with E-state index in [0.29, 0.717) is 0 Å². The maximum absolute atomic E-state index is 12.8. The van der Waals surface area contributed by atoms with Crippen LogP contribution in [-0.4, -0.2) is 40.5 Å². The highest BCUT2D eigenvalue weighted by atomic mass is 32.2. The highest BCUT2D eigenvalue weighted by Gasteiger charge is 2.34. The molecule has 6 nitrogen and oxygen atoms in total. The Kier molecular flexibility index (Phi) is 5.89. The molecule has 0 spiro atoms. The van der Waals surface area contributed by atoms with Crippen LogP contribution in [0.4, 0.5) is 0 Å². The van der Waals surface area contributed by atoms with Gasteiger partial charge in [-0.05, 0) is 66.7 Å². The molecule has 0 aromatic heterocycles. The van der Waals surface area contributed by atoms with E-state index in [-0.39, 0.29) is 14.7 Å². The second kappa shape index (κ2) is 6.66. The minimum Gasteiger partial charge on any atom is -0.223 e. The lowest BCUT2D eigenvalue weighted by molar-refractivity contribution is 0.559. The minimum atomic E-state index is -3.92. The van der Waals surface area contributed by atoms with E-state index in [1.54, 1.807) is 0 Å². The molecule has 0 unspecified atom stereocenters. The van der Waals surface area contributed by atoms with Crippen LogP contribution in [0.5, 0.6) is 0 Å². The van der Waals surface area contributed by atoms with Crippen molar-refractivity contribution in [3.05, 3.63) is 18.2 Å². The summed E-state index contributed by atoms with van der Waals surface area (Å²) in [5.41, 5.74) is 0. The zero-order chi connectivity index (χ0) is 20.0. The maximum Gasteiger partial charge on any atom is 0.183 e. The van der Waals surface area contributed by atoms with Crippen LogP contribution in [0.3, 0.4) is 0 Å². The lowest BCUT2D eigenvalue weighted by atomic mass is 10.3. The van der Waals surface area contributed by atoms with E-state index in [9.17, 15) is 25.3 Å². The fraction of sp³-hybridized carbons (Fsp3) is 0.625. The van der Waals surface area contributed by atoms with Crippen LogP contribution in [0.1, 0.15) is 48.5 Å². The van der Waals surface area contributed by atoms with Crippen molar-refractivity contribution >= 4 is 29.5 Å². The third-order valence-electron chi connectivity index (χ3n) is 3.87. The van der Waals surface area contributed by atoms with Crippen molar-refractivity contribution in [3.8, 4) is 0 Å². The molecule has 1 rings (SSSR count). The molecule has 25 heavy (non-hydrogen) atoms. The Labute approximate surface area is 151 Å². The average Bonchev–Trinajstić information content (AvgIpc) is 2.45. The summed E-state index contributed by atoms with van der Waals surface area (Å²) in [5.74, 6) is 0. The van der Waals surface area contributed by atoms with Gasteiger partial charge in [0.2, 0.25) is 0 Å². The molecule has 0 N–H and O–H groups in total. The van der Waals surface area contributed by atoms with Gasteiger partial charge in [-0.2, -0.15) is 0 Å². The number of sulfone groups is 3. The molecule has 144 valence electrons. The summed E-state index contributed by atoms with van der Waals surface area (Å²) in [6.45, 7) is 10.2. The highest BCUT2D eigenvalue weighted by molar-refractivity contribution is 7.94. The van der Waals surface area contributed by atoms with Gasteiger partial charge in [0.25, 0.3) is 0 Å². The summed E-state index contributed by atoms with van der Waals surface area (Å²) in [6, 6.07) is 3.15. The molecule has 0 heterocycles. The van der Waals surface area contributed by atoms with Gasteiger partial charge in [0.1, 0.15) is 0 Å². The van der Waals surface area contributed by atoms with Crippen LogP contribution in [0.25, 0.3) is 0 Å². The predicted molar refractivity (Wildman–Crippen MR) is 98.0 cm³/mol. The summed E-state index contributed by atoms with van der Waals surface area (Å²) in [5, 5.41) is -1.62. The smallest absolute Gasteiger partial charge is 0.183 e. The Morgan fingerprint density at radius 3 is 1.16 bits per heavy atom. The van der Waals surface area contributed by atoms with Gasteiger partial charge in [0.15, 0.2) is 29.5 Å². The highest BCUT2D eigenvalue weighted by Crippen LogP contribution is 2.31. The van der Waals surface area contributed by atoms with Gasteiger partial charge in [-0.15, -0.1) is 0 Å². The normalized spacial score (nSPS) is 14.3. The van der Waals surface area contributed by atoms with Crippen molar-refractivity contribution in [2.45, 2.75) is 78.4 Å². The Morgan fingerprint density at radius 1 is 0.640 bits per heavy atom. The van der Waals surface area contributed by atoms with E-state index in [1.807, 2.05) is 0 Å². The van der Waals surface area contributed by atoms with Crippen molar-refractivity contribution in [3.63, 3.8) is 0 Å². The van der Waals surface area contributed by atoms with E-state index < -0.39 is 44.8 Å². The van der Waals surface area contributed by atoms with Crippen LogP contribution in [0.2, 0.25) is 0 Å². The molecule has 0 saturated heterocycles. The SMILES string of the molecule is CC(C)S(=O)(=O)c1cc(S(=O)(=O)C(C)C)cc(S(=O)(=O)C(C)(C)C)c1. The molecule has 0 aliphatic carbocycles. The van der Waals surface area contributed by atoms with Crippen molar-refractivity contribution in [1.82, 2.24) is 0 Å². The molecule has 0 aliphatic rings. The second-order valence-electron chi connectivity index (χ2n) is 7.44. The first-order valence-corrected chi connectivity index (χ1v) is 12.4. The van der Waals surface area contributed by atoms with Crippen LogP contribution >= 0.6 is 0 Å². The van der Waals surface area contributed by atoms with E-state index >= 15 is 0 Å². The molecule has 0 bridgehead atoms. The molecule has 1 aromatic carbocycles. The van der Waals surface area contributed by atoms with Crippen molar-refractivity contribution in [2.75, 3.05) is 0 Å². The number of hydrogen-bond acceptors (Lipinski definition) is 6. The van der Waals surface area contributed by atoms with Crippen molar-refractivity contribution < 1.29 is 25.3 Å². The molecule has 0 atom stereocenters. The molecular weight excluding hydrogens is 384 g/mol. The largest absolute Gasteiger partial charge is 0.223 e. The van der Waals surface area contributed by atoms with E-state index in [0.717, 1.165) is 18.2 Å². The Bertz CT molecular complexity index is 905. The molecule has 1 aromatic rings. The van der Waals surface area contributed by atoms with Gasteiger partial charge in [-0.1, -0.05) is 0 Å². The van der Waals surface area contributed by atoms with Crippen LogP contribution in [0.15, 0.2) is 32.9 Å². The lowest BCUT2D eigenvalue weighted by Crippen LogP contribution is -2.28. The summed E-state index contributed by atoms with van der Waals surface area (Å²) >= 11 is 0. The zero-order valence-electron chi connectivity index (χ0n) is 15.6. The third kappa shape index (κ3) is 4.09. The van der Waals surface area contributed by atoms with Gasteiger partial charge in [-0.3, -0.25) is 0 Å². The van der Waals surface area contributed by atoms with Gasteiger partial charge in [-0.25, -0.2) is 25.3 Å². The summed E-state index contributed by atoms with van der Waals surface area (Å²) in [6.07, 6.45) is 0. The predicted octanol–water partition coefficient (Wildman–Crippen LogP) is 2.62. The fourth-order valence-electron chi connectivity index (χ4n) is 1.93. The minimum absolute atomic E-state index is 0.299. The van der Waals surface area contributed by atoms with Gasteiger partial charge in [0, 0.05) is 0 Å². The maximum atomic E-state index is 12.8. The van der Waals surface area contributed by atoms with Gasteiger partial charge >= 0.3 is 0 Å². The molecule has 0 radical (unpaired) electrons. The molecular formula is C16H26O6S3. The number of benzene rings is 1. The number of hydrogen-bond donors (Lipinski definition) is 0. The van der Waals surface area contributed by atoms with E-state index in [2.05, 4.69) is 0 Å². The molecule has 0 saturated carbocycles. The Hall–Kier alpha value is -0.930. The van der Waals surface area contributed by atoms with Crippen LogP contribution in [-0.2, 0) is 29.5 Å². The lowest BCUT2D eigenvalue weighted by Gasteiger charge is -2.21. The zero-order valence-corrected chi connectivity index (χ0v) is 18.0. The van der Waals surface area contributed by atoms with E-state index in [4.69, 9.17) is 0 Å². The van der Waals surface area contributed by atoms with Gasteiger partial charge < -0.3 is 0 Å². The summed E-state index contributed by atoms with van der Waals surface area (Å²) in [4.78, 5) is -0.903. The monoisotopic (exact) mass is 410 g/mol. The molecule has 0 fully saturated rings. The first kappa shape index (κ1) is 22.1. The Balaban J connectivity index is 3.97. The summed E-state index contributed by atoms with van der Waals surface area (Å²) < 4.78 is 74.4. The van der Waals surface area contributed by atoms with Crippen molar-refractivity contribution in [1.29, 1.82) is 0 Å². The Morgan fingerprint density at radius 2 is 0.920 bits per heavy atom. The number of rotatable bonds is 5. The fourth-order valence-corrected chi connectivity index (χ4v) is 5.68. The van der Waals surface area contributed by atoms with Crippen molar-refractivity contribution in [2.24, 2.45) is 0 Å². The molecule has 0 amide bonds. The van der Waals surface area contributed by atoms with Crippen LogP contribution < -0.4 is 0 Å². The topological polar surface area (TPSA) is 102 Å². The van der Waals surface area contributed by atoms with Gasteiger partial charge in [0.05, 0.1) is 29.9 Å². The van der Waals surface area contributed by atoms with E-state index in [1.165, 1.54) is 48.5 Å². The molecule has 9 heteroatoms. The molecule has 0 aliphatic heterocycles. The third-order valence-corrected chi connectivity index (χ3v) is 10.6. The second-order valence-corrected chi connectivity index (χ2v) is 15.2. The average molecular weight is 411 g/mol. The van der Waals surface area contributed by atoms with Crippen LogP contribution in [0, 0.1) is 0 Å².